The molecule has 3 atom stereocenters. The van der Waals surface area contributed by atoms with Crippen molar-refractivity contribution >= 4 is 23.5 Å². The number of carbonyl (C=O) groups excluding carboxylic acids is 2. The van der Waals surface area contributed by atoms with Gasteiger partial charge >= 0.3 is 5.97 Å². The number of esters is 1. The molecule has 1 saturated carbocycles. The number of halogens is 1. The van der Waals surface area contributed by atoms with Gasteiger partial charge in [0.2, 0.25) is 0 Å². The van der Waals surface area contributed by atoms with Crippen molar-refractivity contribution in [2.75, 3.05) is 7.11 Å². The van der Waals surface area contributed by atoms with Crippen LogP contribution in [0.4, 0.5) is 0 Å². The van der Waals surface area contributed by atoms with Gasteiger partial charge < -0.3 is 14.8 Å². The Bertz CT molecular complexity index is 605. The van der Waals surface area contributed by atoms with Crippen LogP contribution in [0, 0.1) is 5.92 Å². The van der Waals surface area contributed by atoms with Gasteiger partial charge in [0.15, 0.2) is 6.10 Å². The van der Waals surface area contributed by atoms with E-state index >= 15 is 0 Å². The van der Waals surface area contributed by atoms with E-state index in [0.717, 1.165) is 19.3 Å². The maximum absolute atomic E-state index is 12.3. The van der Waals surface area contributed by atoms with Crippen LogP contribution >= 0.6 is 11.6 Å². The number of carbonyl (C=O) groups is 2. The monoisotopic (exact) mass is 353 g/mol. The number of benzene rings is 1. The quantitative estimate of drug-likeness (QED) is 0.821. The summed E-state index contributed by atoms with van der Waals surface area (Å²) in [5, 5.41) is 3.39. The first-order valence-corrected chi connectivity index (χ1v) is 8.65. The molecule has 0 aromatic heterocycles. The molecular weight excluding hydrogens is 330 g/mol. The first kappa shape index (κ1) is 18.6. The number of nitrogens with one attached hydrogen (secondary N) is 1. The van der Waals surface area contributed by atoms with Crippen LogP contribution in [0.15, 0.2) is 18.2 Å². The summed E-state index contributed by atoms with van der Waals surface area (Å²) in [6.07, 6.45) is 3.51. The topological polar surface area (TPSA) is 64.6 Å². The summed E-state index contributed by atoms with van der Waals surface area (Å²) in [6, 6.07) is 4.83. The normalized spacial score (nSPS) is 21.7. The minimum absolute atomic E-state index is 0.146. The molecule has 0 spiro atoms. The van der Waals surface area contributed by atoms with Crippen LogP contribution in [-0.2, 0) is 9.53 Å². The fourth-order valence-corrected chi connectivity index (χ4v) is 3.12. The zero-order chi connectivity index (χ0) is 17.7. The molecule has 1 amide bonds. The summed E-state index contributed by atoms with van der Waals surface area (Å²) in [6.45, 7) is 3.70. The number of methoxy groups -OCH3 is 1. The minimum Gasteiger partial charge on any atom is -0.496 e. The highest BCUT2D eigenvalue weighted by molar-refractivity contribution is 6.31. The van der Waals surface area contributed by atoms with Gasteiger partial charge in [-0.15, -0.1) is 0 Å². The van der Waals surface area contributed by atoms with Crippen molar-refractivity contribution < 1.29 is 19.1 Å². The zero-order valence-corrected chi connectivity index (χ0v) is 15.1. The SMILES string of the molecule is COc1ccc(Cl)cc1C(=O)O[C@H](C)C(=O)N[C@@H]1CCCC[C@@H]1C. The second kappa shape index (κ2) is 8.38. The van der Waals surface area contributed by atoms with Gasteiger partial charge in [-0.25, -0.2) is 4.79 Å². The van der Waals surface area contributed by atoms with Gasteiger partial charge in [-0.2, -0.15) is 0 Å². The predicted octanol–water partition coefficient (Wildman–Crippen LogP) is 3.59. The molecule has 1 fully saturated rings. The second-order valence-electron chi connectivity index (χ2n) is 6.27. The van der Waals surface area contributed by atoms with Crippen molar-refractivity contribution in [3.63, 3.8) is 0 Å². The third-order valence-electron chi connectivity index (χ3n) is 4.47. The van der Waals surface area contributed by atoms with Crippen molar-refractivity contribution in [2.45, 2.75) is 51.7 Å². The van der Waals surface area contributed by atoms with Crippen molar-refractivity contribution in [3.8, 4) is 5.75 Å². The lowest BCUT2D eigenvalue weighted by atomic mass is 9.86. The molecule has 1 aromatic rings. The van der Waals surface area contributed by atoms with Gasteiger partial charge in [-0.1, -0.05) is 31.4 Å². The smallest absolute Gasteiger partial charge is 0.342 e. The van der Waals surface area contributed by atoms with Gasteiger partial charge in [-0.3, -0.25) is 4.79 Å². The van der Waals surface area contributed by atoms with Gasteiger partial charge in [0.05, 0.1) is 7.11 Å². The molecule has 6 heteroatoms. The molecule has 0 bridgehead atoms. The fourth-order valence-electron chi connectivity index (χ4n) is 2.95. The summed E-state index contributed by atoms with van der Waals surface area (Å²) in [5.74, 6) is -0.103. The second-order valence-corrected chi connectivity index (χ2v) is 6.71. The largest absolute Gasteiger partial charge is 0.496 e. The van der Waals surface area contributed by atoms with Gasteiger partial charge in [-0.05, 0) is 43.9 Å². The Balaban J connectivity index is 1.98. The lowest BCUT2D eigenvalue weighted by Crippen LogP contribution is -2.46. The van der Waals surface area contributed by atoms with E-state index in [1.807, 2.05) is 0 Å². The summed E-state index contributed by atoms with van der Waals surface area (Å²) >= 11 is 5.92. The number of amides is 1. The van der Waals surface area contributed by atoms with E-state index in [2.05, 4.69) is 12.2 Å². The summed E-state index contributed by atoms with van der Waals surface area (Å²) in [4.78, 5) is 24.6. The van der Waals surface area contributed by atoms with Crippen LogP contribution < -0.4 is 10.1 Å². The molecular formula is C18H24ClNO4. The zero-order valence-electron chi connectivity index (χ0n) is 14.3. The van der Waals surface area contributed by atoms with Crippen LogP contribution in [0.2, 0.25) is 5.02 Å². The molecule has 0 heterocycles. The average Bonchev–Trinajstić information content (AvgIpc) is 2.56. The molecule has 0 saturated heterocycles. The third-order valence-corrected chi connectivity index (χ3v) is 4.71. The van der Waals surface area contributed by atoms with E-state index in [9.17, 15) is 9.59 Å². The lowest BCUT2D eigenvalue weighted by molar-refractivity contribution is -0.130. The molecule has 1 aromatic carbocycles. The molecule has 2 rings (SSSR count). The number of hydrogen-bond donors (Lipinski definition) is 1. The molecule has 0 radical (unpaired) electrons. The van der Waals surface area contributed by atoms with Crippen LogP contribution in [0.5, 0.6) is 5.75 Å². The summed E-state index contributed by atoms with van der Waals surface area (Å²) in [5.41, 5.74) is 0.204. The van der Waals surface area contributed by atoms with Crippen molar-refractivity contribution in [1.82, 2.24) is 5.32 Å². The van der Waals surface area contributed by atoms with E-state index in [-0.39, 0.29) is 17.5 Å². The van der Waals surface area contributed by atoms with Crippen LogP contribution in [0.25, 0.3) is 0 Å². The number of rotatable bonds is 5. The van der Waals surface area contributed by atoms with Gasteiger partial charge in [0.1, 0.15) is 11.3 Å². The van der Waals surface area contributed by atoms with Crippen molar-refractivity contribution in [3.05, 3.63) is 28.8 Å². The third kappa shape index (κ3) is 4.63. The van der Waals surface area contributed by atoms with E-state index in [1.54, 1.807) is 19.1 Å². The Kier molecular flexibility index (Phi) is 6.49. The maximum Gasteiger partial charge on any atom is 0.342 e. The first-order valence-electron chi connectivity index (χ1n) is 8.27. The van der Waals surface area contributed by atoms with E-state index in [1.165, 1.54) is 19.6 Å². The Hall–Kier alpha value is -1.75. The molecule has 132 valence electrons. The Labute approximate surface area is 147 Å². The molecule has 5 nitrogen and oxygen atoms in total. The molecule has 1 N–H and O–H groups in total. The van der Waals surface area contributed by atoms with Crippen LogP contribution in [0.1, 0.15) is 49.9 Å². The first-order chi connectivity index (χ1) is 11.4. The molecule has 1 aliphatic carbocycles. The van der Waals surface area contributed by atoms with E-state index in [4.69, 9.17) is 21.1 Å². The Morgan fingerprint density at radius 2 is 2.00 bits per heavy atom. The lowest BCUT2D eigenvalue weighted by Gasteiger charge is -2.30. The highest BCUT2D eigenvalue weighted by Gasteiger charge is 2.27. The number of ether oxygens (including phenoxy) is 2. The molecule has 0 aliphatic heterocycles. The van der Waals surface area contributed by atoms with Crippen molar-refractivity contribution in [1.29, 1.82) is 0 Å². The van der Waals surface area contributed by atoms with Gasteiger partial charge in [0, 0.05) is 11.1 Å². The van der Waals surface area contributed by atoms with Crippen molar-refractivity contribution in [2.24, 2.45) is 5.92 Å². The number of hydrogen-bond acceptors (Lipinski definition) is 4. The minimum atomic E-state index is -0.879. The Morgan fingerprint density at radius 1 is 1.29 bits per heavy atom. The summed E-state index contributed by atoms with van der Waals surface area (Å²) in [7, 11) is 1.46. The molecule has 24 heavy (non-hydrogen) atoms. The van der Waals surface area contributed by atoms with Crippen LogP contribution in [0.3, 0.4) is 0 Å². The summed E-state index contributed by atoms with van der Waals surface area (Å²) < 4.78 is 10.4. The average molecular weight is 354 g/mol. The van der Waals surface area contributed by atoms with E-state index in [0.29, 0.717) is 16.7 Å². The standard InChI is InChI=1S/C18H24ClNO4/c1-11-6-4-5-7-15(11)20-17(21)12(2)24-18(22)14-10-13(19)8-9-16(14)23-3/h8-12,15H,4-7H2,1-3H3,(H,20,21)/t11-,12+,15+/m0/s1. The Morgan fingerprint density at radius 3 is 2.67 bits per heavy atom. The highest BCUT2D eigenvalue weighted by atomic mass is 35.5. The predicted molar refractivity (Wildman–Crippen MR) is 92.4 cm³/mol. The maximum atomic E-state index is 12.3. The highest BCUT2D eigenvalue weighted by Crippen LogP contribution is 2.25. The fraction of sp³-hybridized carbons (Fsp3) is 0.556. The molecule has 1 aliphatic rings. The molecule has 0 unspecified atom stereocenters. The van der Waals surface area contributed by atoms with Crippen LogP contribution in [-0.4, -0.2) is 31.1 Å². The van der Waals surface area contributed by atoms with E-state index < -0.39 is 12.1 Å². The van der Waals surface area contributed by atoms with Gasteiger partial charge in [0.25, 0.3) is 5.91 Å².